The molecule has 0 radical (unpaired) electrons. The van der Waals surface area contributed by atoms with E-state index in [0.29, 0.717) is 11.8 Å². The summed E-state index contributed by atoms with van der Waals surface area (Å²) in [5.74, 6) is 0.333. The Balaban J connectivity index is 1.48. The molecule has 2 bridgehead atoms. The van der Waals surface area contributed by atoms with Crippen molar-refractivity contribution in [1.29, 1.82) is 0 Å². The Bertz CT molecular complexity index is 966. The normalized spacial score (nSPS) is 33.8. The number of carbonyl (C=O) groups is 2. The van der Waals surface area contributed by atoms with E-state index in [1.54, 1.807) is 0 Å². The lowest BCUT2D eigenvalue weighted by Gasteiger charge is -2.37. The van der Waals surface area contributed by atoms with Crippen molar-refractivity contribution in [2.24, 2.45) is 40.6 Å². The second kappa shape index (κ2) is 6.13. The van der Waals surface area contributed by atoms with Gasteiger partial charge in [-0.15, -0.1) is 0 Å². The molecule has 1 aromatic carbocycles. The molecule has 4 aliphatic carbocycles. The van der Waals surface area contributed by atoms with Crippen LogP contribution in [0, 0.1) is 45.6 Å². The Labute approximate surface area is 166 Å². The van der Waals surface area contributed by atoms with Gasteiger partial charge in [-0.05, 0) is 36.2 Å². The quantitative estimate of drug-likeness (QED) is 0.247. The van der Waals surface area contributed by atoms with Crippen LogP contribution in [0.15, 0.2) is 29.4 Å². The maximum absolute atomic E-state index is 12.9. The standard InChI is InChI=1S/C20H19N3O6/c1-28-15-5-9(14(23(26)27)7-16(15)29-2)8-21-22-19(24)17-10-3-4-11(13-6-12(10)13)18(17)20(22)25/h3-5,7-8,10-13,17-18H,6H2,1-2H3/b21-8-/t10-,11-,12-,13+,17-,18+/m0/s1. The Morgan fingerprint density at radius 2 is 1.62 bits per heavy atom. The SMILES string of the molecule is COc1cc(/C=N\N2C(=O)[C@@H]3[C@H]4C=C[C@@H]([C@@H]5C[C@H]45)[C@@H]3C2=O)c([N+](=O)[O-])cc1OC. The molecule has 29 heavy (non-hydrogen) atoms. The van der Waals surface area contributed by atoms with Gasteiger partial charge in [-0.3, -0.25) is 19.7 Å². The molecule has 6 rings (SSSR count). The molecule has 1 aliphatic heterocycles. The third-order valence-electron chi connectivity index (χ3n) is 6.68. The number of amides is 2. The maximum Gasteiger partial charge on any atom is 0.282 e. The van der Waals surface area contributed by atoms with Crippen molar-refractivity contribution >= 4 is 23.7 Å². The molecule has 1 aromatic rings. The van der Waals surface area contributed by atoms with Gasteiger partial charge in [-0.2, -0.15) is 10.1 Å². The number of hydrogen-bond acceptors (Lipinski definition) is 7. The summed E-state index contributed by atoms with van der Waals surface area (Å²) in [4.78, 5) is 36.8. The Kier molecular flexibility index (Phi) is 3.77. The molecule has 150 valence electrons. The molecule has 9 nitrogen and oxygen atoms in total. The zero-order chi connectivity index (χ0) is 20.4. The highest BCUT2D eigenvalue weighted by molar-refractivity contribution is 6.06. The van der Waals surface area contributed by atoms with Crippen LogP contribution >= 0.6 is 0 Å². The third kappa shape index (κ3) is 2.43. The number of nitro benzene ring substituents is 1. The largest absolute Gasteiger partial charge is 0.493 e. The molecule has 2 saturated carbocycles. The van der Waals surface area contributed by atoms with E-state index in [1.807, 2.05) is 0 Å². The molecule has 3 fully saturated rings. The van der Waals surface area contributed by atoms with E-state index in [-0.39, 0.29) is 58.2 Å². The first kappa shape index (κ1) is 17.8. The third-order valence-corrected chi connectivity index (χ3v) is 6.68. The zero-order valence-corrected chi connectivity index (χ0v) is 15.8. The van der Waals surface area contributed by atoms with Gasteiger partial charge in [-0.1, -0.05) is 12.2 Å². The van der Waals surface area contributed by atoms with Crippen LogP contribution in [0.25, 0.3) is 0 Å². The van der Waals surface area contributed by atoms with Crippen LogP contribution in [0.5, 0.6) is 11.5 Å². The summed E-state index contributed by atoms with van der Waals surface area (Å²) in [6.45, 7) is 0. The fraction of sp³-hybridized carbons (Fsp3) is 0.450. The summed E-state index contributed by atoms with van der Waals surface area (Å²) in [6, 6.07) is 2.63. The van der Waals surface area contributed by atoms with Crippen molar-refractivity contribution in [2.75, 3.05) is 14.2 Å². The van der Waals surface area contributed by atoms with Crippen LogP contribution in [0.1, 0.15) is 12.0 Å². The van der Waals surface area contributed by atoms with E-state index in [2.05, 4.69) is 17.3 Å². The van der Waals surface area contributed by atoms with Gasteiger partial charge >= 0.3 is 0 Å². The van der Waals surface area contributed by atoms with Crippen LogP contribution in [0.3, 0.4) is 0 Å². The summed E-state index contributed by atoms with van der Waals surface area (Å²) in [5.41, 5.74) is -0.141. The number of allylic oxidation sites excluding steroid dienone is 2. The number of nitro groups is 1. The number of methoxy groups -OCH3 is 2. The molecule has 1 saturated heterocycles. The van der Waals surface area contributed by atoms with Crippen molar-refractivity contribution < 1.29 is 24.0 Å². The number of hydrazone groups is 1. The van der Waals surface area contributed by atoms with Gasteiger partial charge < -0.3 is 9.47 Å². The van der Waals surface area contributed by atoms with Crippen molar-refractivity contribution in [2.45, 2.75) is 6.42 Å². The first-order valence-corrected chi connectivity index (χ1v) is 9.46. The topological polar surface area (TPSA) is 111 Å². The minimum atomic E-state index is -0.575. The molecule has 0 unspecified atom stereocenters. The van der Waals surface area contributed by atoms with Gasteiger partial charge in [0.1, 0.15) is 0 Å². The second-order valence-electron chi connectivity index (χ2n) is 7.91. The highest BCUT2D eigenvalue weighted by atomic mass is 16.6. The summed E-state index contributed by atoms with van der Waals surface area (Å²) in [5, 5.41) is 16.4. The molecule has 0 N–H and O–H groups in total. The number of rotatable bonds is 5. The summed E-state index contributed by atoms with van der Waals surface area (Å²) in [6.07, 6.45) is 6.41. The van der Waals surface area contributed by atoms with Gasteiger partial charge in [0.15, 0.2) is 11.5 Å². The predicted molar refractivity (Wildman–Crippen MR) is 100 cm³/mol. The molecule has 0 aromatic heterocycles. The van der Waals surface area contributed by atoms with E-state index in [4.69, 9.17) is 9.47 Å². The van der Waals surface area contributed by atoms with Crippen LogP contribution in [-0.2, 0) is 9.59 Å². The number of ether oxygens (including phenoxy) is 2. The molecular formula is C20H19N3O6. The molecule has 1 heterocycles. The monoisotopic (exact) mass is 397 g/mol. The van der Waals surface area contributed by atoms with E-state index in [0.717, 1.165) is 11.4 Å². The number of benzene rings is 1. The lowest BCUT2D eigenvalue weighted by Crippen LogP contribution is -2.40. The van der Waals surface area contributed by atoms with E-state index in [1.165, 1.54) is 32.6 Å². The van der Waals surface area contributed by atoms with Gasteiger partial charge in [0.2, 0.25) is 0 Å². The maximum atomic E-state index is 12.9. The minimum Gasteiger partial charge on any atom is -0.493 e. The average Bonchev–Trinajstić information content (AvgIpc) is 3.50. The lowest BCUT2D eigenvalue weighted by molar-refractivity contribution is -0.385. The lowest BCUT2D eigenvalue weighted by atomic mass is 9.63. The summed E-state index contributed by atoms with van der Waals surface area (Å²) < 4.78 is 10.3. The van der Waals surface area contributed by atoms with Crippen molar-refractivity contribution in [3.63, 3.8) is 0 Å². The Morgan fingerprint density at radius 3 is 2.14 bits per heavy atom. The number of nitrogens with zero attached hydrogens (tertiary/aromatic N) is 3. The van der Waals surface area contributed by atoms with Crippen LogP contribution in [0.4, 0.5) is 5.69 Å². The van der Waals surface area contributed by atoms with E-state index in [9.17, 15) is 19.7 Å². The van der Waals surface area contributed by atoms with Crippen molar-refractivity contribution in [1.82, 2.24) is 5.01 Å². The van der Waals surface area contributed by atoms with Crippen LogP contribution < -0.4 is 9.47 Å². The first-order valence-electron chi connectivity index (χ1n) is 9.46. The van der Waals surface area contributed by atoms with Crippen molar-refractivity contribution in [3.8, 4) is 11.5 Å². The molecule has 5 aliphatic rings. The first-order chi connectivity index (χ1) is 14.0. The minimum absolute atomic E-state index is 0.0991. The smallest absolute Gasteiger partial charge is 0.282 e. The summed E-state index contributed by atoms with van der Waals surface area (Å²) in [7, 11) is 2.79. The number of hydrogen-bond donors (Lipinski definition) is 0. The van der Waals surface area contributed by atoms with Crippen LogP contribution in [-0.4, -0.2) is 42.2 Å². The molecule has 2 amide bonds. The molecular weight excluding hydrogens is 378 g/mol. The fourth-order valence-electron chi connectivity index (χ4n) is 5.32. The molecule has 6 atom stereocenters. The Morgan fingerprint density at radius 1 is 1.07 bits per heavy atom. The zero-order valence-electron chi connectivity index (χ0n) is 15.8. The van der Waals surface area contributed by atoms with Gasteiger partial charge in [0.05, 0.1) is 48.8 Å². The van der Waals surface area contributed by atoms with Gasteiger partial charge in [0.25, 0.3) is 17.5 Å². The highest BCUT2D eigenvalue weighted by Gasteiger charge is 2.67. The number of imide groups is 1. The summed E-state index contributed by atoms with van der Waals surface area (Å²) >= 11 is 0. The van der Waals surface area contributed by atoms with Gasteiger partial charge in [-0.25, -0.2) is 0 Å². The predicted octanol–water partition coefficient (Wildman–Crippen LogP) is 2.00. The van der Waals surface area contributed by atoms with Crippen molar-refractivity contribution in [3.05, 3.63) is 40.0 Å². The fourth-order valence-corrected chi connectivity index (χ4v) is 5.32. The van der Waals surface area contributed by atoms with E-state index >= 15 is 0 Å². The van der Waals surface area contributed by atoms with Crippen LogP contribution in [0.2, 0.25) is 0 Å². The van der Waals surface area contributed by atoms with E-state index < -0.39 is 4.92 Å². The highest BCUT2D eigenvalue weighted by Crippen LogP contribution is 2.65. The number of carbonyl (C=O) groups excluding carboxylic acids is 2. The molecule has 9 heteroatoms. The molecule has 0 spiro atoms. The van der Waals surface area contributed by atoms with Gasteiger partial charge in [0, 0.05) is 0 Å². The average molecular weight is 397 g/mol. The second-order valence-corrected chi connectivity index (χ2v) is 7.91. The Hall–Kier alpha value is -3.23.